The maximum absolute atomic E-state index is 4.23. The molecule has 1 N–H and O–H groups in total. The lowest BCUT2D eigenvalue weighted by Gasteiger charge is -2.27. The topological polar surface area (TPSA) is 24.9 Å². The zero-order valence-electron chi connectivity index (χ0n) is 11.1. The summed E-state index contributed by atoms with van der Waals surface area (Å²) >= 11 is 0. The van der Waals surface area contributed by atoms with Crippen molar-refractivity contribution in [1.82, 2.24) is 10.3 Å². The van der Waals surface area contributed by atoms with Crippen molar-refractivity contribution in [1.29, 1.82) is 0 Å². The lowest BCUT2D eigenvalue weighted by molar-refractivity contribution is 0.268. The lowest BCUT2D eigenvalue weighted by Crippen LogP contribution is -2.31. The maximum atomic E-state index is 4.23. The number of nitrogens with zero attached hydrogens (tertiary/aromatic N) is 1. The molecule has 0 saturated heterocycles. The van der Waals surface area contributed by atoms with Crippen LogP contribution in [0.1, 0.15) is 50.2 Å². The molecule has 1 saturated carbocycles. The molecule has 17 heavy (non-hydrogen) atoms. The van der Waals surface area contributed by atoms with Crippen LogP contribution in [0.15, 0.2) is 18.5 Å². The Kier molecular flexibility index (Phi) is 4.16. The standard InChI is InChI=1S/C15H24N2/c1-3-15(6-4-5-7-15)12-17-11-14-8-13(2)9-16-10-14/h8-10,17H,3-7,11-12H2,1-2H3. The molecule has 0 aromatic carbocycles. The van der Waals surface area contributed by atoms with Crippen molar-refractivity contribution in [3.8, 4) is 0 Å². The van der Waals surface area contributed by atoms with Crippen molar-refractivity contribution < 1.29 is 0 Å². The van der Waals surface area contributed by atoms with E-state index in [-0.39, 0.29) is 0 Å². The van der Waals surface area contributed by atoms with Gasteiger partial charge in [-0.05, 0) is 42.7 Å². The number of aryl methyl sites for hydroxylation is 1. The van der Waals surface area contributed by atoms with Gasteiger partial charge in [0.2, 0.25) is 0 Å². The molecule has 0 aliphatic heterocycles. The molecule has 1 aromatic rings. The van der Waals surface area contributed by atoms with Crippen molar-refractivity contribution in [2.75, 3.05) is 6.54 Å². The van der Waals surface area contributed by atoms with E-state index < -0.39 is 0 Å². The Hall–Kier alpha value is -0.890. The van der Waals surface area contributed by atoms with E-state index in [9.17, 15) is 0 Å². The molecule has 1 aliphatic carbocycles. The van der Waals surface area contributed by atoms with Crippen LogP contribution in [0, 0.1) is 12.3 Å². The van der Waals surface area contributed by atoms with Crippen LogP contribution >= 0.6 is 0 Å². The smallest absolute Gasteiger partial charge is 0.0313 e. The molecule has 2 nitrogen and oxygen atoms in total. The van der Waals surface area contributed by atoms with Crippen LogP contribution in [0.5, 0.6) is 0 Å². The summed E-state index contributed by atoms with van der Waals surface area (Å²) < 4.78 is 0. The SMILES string of the molecule is CCC1(CNCc2cncc(C)c2)CCCC1. The highest BCUT2D eigenvalue weighted by molar-refractivity contribution is 5.16. The van der Waals surface area contributed by atoms with Gasteiger partial charge < -0.3 is 5.32 Å². The minimum absolute atomic E-state index is 0.581. The summed E-state index contributed by atoms with van der Waals surface area (Å²) in [5, 5.41) is 3.62. The minimum Gasteiger partial charge on any atom is -0.312 e. The predicted octanol–water partition coefficient (Wildman–Crippen LogP) is 3.45. The Morgan fingerprint density at radius 3 is 2.71 bits per heavy atom. The average Bonchev–Trinajstić information content (AvgIpc) is 2.79. The lowest BCUT2D eigenvalue weighted by atomic mass is 9.83. The second-order valence-corrected chi connectivity index (χ2v) is 5.53. The van der Waals surface area contributed by atoms with E-state index in [1.165, 1.54) is 43.2 Å². The van der Waals surface area contributed by atoms with E-state index in [0.29, 0.717) is 5.41 Å². The number of hydrogen-bond donors (Lipinski definition) is 1. The second kappa shape index (κ2) is 5.63. The Labute approximate surface area is 105 Å². The molecule has 2 heteroatoms. The summed E-state index contributed by atoms with van der Waals surface area (Å²) in [6, 6.07) is 2.22. The van der Waals surface area contributed by atoms with Crippen LogP contribution < -0.4 is 5.32 Å². The summed E-state index contributed by atoms with van der Waals surface area (Å²) in [6.07, 6.45) is 10.8. The number of pyridine rings is 1. The molecule has 1 aromatic heterocycles. The third kappa shape index (κ3) is 3.29. The van der Waals surface area contributed by atoms with E-state index in [0.717, 1.165) is 13.1 Å². The first-order valence-electron chi connectivity index (χ1n) is 6.85. The first-order valence-corrected chi connectivity index (χ1v) is 6.85. The monoisotopic (exact) mass is 232 g/mol. The molecule has 0 atom stereocenters. The van der Waals surface area contributed by atoms with Gasteiger partial charge >= 0.3 is 0 Å². The van der Waals surface area contributed by atoms with E-state index in [2.05, 4.69) is 30.2 Å². The molecular formula is C15H24N2. The fraction of sp³-hybridized carbons (Fsp3) is 0.667. The largest absolute Gasteiger partial charge is 0.312 e. The van der Waals surface area contributed by atoms with Crippen LogP contribution in [0.25, 0.3) is 0 Å². The van der Waals surface area contributed by atoms with Gasteiger partial charge in [0.1, 0.15) is 0 Å². The molecule has 1 aliphatic rings. The molecule has 94 valence electrons. The van der Waals surface area contributed by atoms with E-state index in [1.807, 2.05) is 12.4 Å². The molecular weight excluding hydrogens is 208 g/mol. The third-order valence-electron chi connectivity index (χ3n) is 4.17. The summed E-state index contributed by atoms with van der Waals surface area (Å²) in [5.74, 6) is 0. The zero-order chi connectivity index (χ0) is 12.1. The number of aromatic nitrogens is 1. The minimum atomic E-state index is 0.581. The van der Waals surface area contributed by atoms with Crippen LogP contribution in [0.2, 0.25) is 0 Å². The summed E-state index contributed by atoms with van der Waals surface area (Å²) in [6.45, 7) is 6.55. The van der Waals surface area contributed by atoms with Gasteiger partial charge in [0.15, 0.2) is 0 Å². The van der Waals surface area contributed by atoms with Gasteiger partial charge in [-0.3, -0.25) is 4.98 Å². The van der Waals surface area contributed by atoms with Crippen LogP contribution in [0.3, 0.4) is 0 Å². The highest BCUT2D eigenvalue weighted by atomic mass is 14.9. The third-order valence-corrected chi connectivity index (χ3v) is 4.17. The van der Waals surface area contributed by atoms with Gasteiger partial charge in [-0.1, -0.05) is 25.8 Å². The van der Waals surface area contributed by atoms with Crippen molar-refractivity contribution in [3.05, 3.63) is 29.6 Å². The number of rotatable bonds is 5. The highest BCUT2D eigenvalue weighted by Crippen LogP contribution is 2.40. The Morgan fingerprint density at radius 1 is 1.29 bits per heavy atom. The van der Waals surface area contributed by atoms with Crippen LogP contribution in [0.4, 0.5) is 0 Å². The predicted molar refractivity (Wildman–Crippen MR) is 71.9 cm³/mol. The summed E-state index contributed by atoms with van der Waals surface area (Å²) in [5.41, 5.74) is 3.13. The quantitative estimate of drug-likeness (QED) is 0.841. The molecule has 0 bridgehead atoms. The fourth-order valence-corrected chi connectivity index (χ4v) is 2.97. The van der Waals surface area contributed by atoms with E-state index in [4.69, 9.17) is 0 Å². The maximum Gasteiger partial charge on any atom is 0.0313 e. The zero-order valence-corrected chi connectivity index (χ0v) is 11.1. The van der Waals surface area contributed by atoms with Crippen LogP contribution in [-0.4, -0.2) is 11.5 Å². The highest BCUT2D eigenvalue weighted by Gasteiger charge is 2.31. The second-order valence-electron chi connectivity index (χ2n) is 5.53. The first-order chi connectivity index (χ1) is 8.24. The molecule has 0 amide bonds. The average molecular weight is 232 g/mol. The molecule has 1 fully saturated rings. The van der Waals surface area contributed by atoms with Gasteiger partial charge in [0.25, 0.3) is 0 Å². The normalized spacial score (nSPS) is 18.5. The number of nitrogens with one attached hydrogen (secondary N) is 1. The van der Waals surface area contributed by atoms with Gasteiger partial charge in [-0.15, -0.1) is 0 Å². The van der Waals surface area contributed by atoms with Crippen molar-refractivity contribution in [2.24, 2.45) is 5.41 Å². The molecule has 0 radical (unpaired) electrons. The Morgan fingerprint density at radius 2 is 2.06 bits per heavy atom. The summed E-state index contributed by atoms with van der Waals surface area (Å²) in [7, 11) is 0. The Balaban J connectivity index is 1.82. The van der Waals surface area contributed by atoms with Gasteiger partial charge in [0, 0.05) is 25.5 Å². The molecule has 0 spiro atoms. The van der Waals surface area contributed by atoms with Crippen molar-refractivity contribution in [3.63, 3.8) is 0 Å². The van der Waals surface area contributed by atoms with Gasteiger partial charge in [-0.25, -0.2) is 0 Å². The van der Waals surface area contributed by atoms with Crippen molar-refractivity contribution in [2.45, 2.75) is 52.5 Å². The van der Waals surface area contributed by atoms with Gasteiger partial charge in [0.05, 0.1) is 0 Å². The molecule has 1 heterocycles. The fourth-order valence-electron chi connectivity index (χ4n) is 2.97. The molecule has 0 unspecified atom stereocenters. The van der Waals surface area contributed by atoms with E-state index >= 15 is 0 Å². The first kappa shape index (κ1) is 12.6. The molecule has 2 rings (SSSR count). The Bertz CT molecular complexity index is 354. The summed E-state index contributed by atoms with van der Waals surface area (Å²) in [4.78, 5) is 4.23. The van der Waals surface area contributed by atoms with E-state index in [1.54, 1.807) is 0 Å². The van der Waals surface area contributed by atoms with Gasteiger partial charge in [-0.2, -0.15) is 0 Å². The van der Waals surface area contributed by atoms with Crippen molar-refractivity contribution >= 4 is 0 Å². The van der Waals surface area contributed by atoms with Crippen LogP contribution in [-0.2, 0) is 6.54 Å². The number of hydrogen-bond acceptors (Lipinski definition) is 2.